The van der Waals surface area contributed by atoms with Crippen LogP contribution in [0.15, 0.2) is 78.0 Å². The predicted molar refractivity (Wildman–Crippen MR) is 181 cm³/mol. The lowest BCUT2D eigenvalue weighted by Gasteiger charge is -2.37. The highest BCUT2D eigenvalue weighted by atomic mass is 32.2. The maximum Gasteiger partial charge on any atom is 0.573 e. The number of hydrogen-bond donors (Lipinski definition) is 1. The summed E-state index contributed by atoms with van der Waals surface area (Å²) in [5, 5.41) is 8.02. The van der Waals surface area contributed by atoms with Crippen molar-refractivity contribution in [3.8, 4) is 22.8 Å². The quantitative estimate of drug-likeness (QED) is 0.133. The van der Waals surface area contributed by atoms with E-state index in [1.807, 2.05) is 38.1 Å². The molecule has 1 aliphatic rings. The van der Waals surface area contributed by atoms with Gasteiger partial charge in [-0.2, -0.15) is 4.99 Å². The van der Waals surface area contributed by atoms with Gasteiger partial charge in [0.05, 0.1) is 5.69 Å². The molecular weight excluding hydrogens is 644 g/mol. The molecule has 2 unspecified atom stereocenters. The van der Waals surface area contributed by atoms with E-state index in [-0.39, 0.29) is 35.5 Å². The Bertz CT molecular complexity index is 1720. The normalized spacial score (nSPS) is 16.7. The van der Waals surface area contributed by atoms with Gasteiger partial charge < -0.3 is 15.0 Å². The van der Waals surface area contributed by atoms with Gasteiger partial charge in [-0.3, -0.25) is 0 Å². The van der Waals surface area contributed by atoms with Crippen molar-refractivity contribution in [1.29, 1.82) is 0 Å². The van der Waals surface area contributed by atoms with Crippen LogP contribution in [-0.2, 0) is 0 Å². The molecule has 0 spiro atoms. The zero-order valence-electron chi connectivity index (χ0n) is 27.2. The zero-order valence-corrected chi connectivity index (χ0v) is 28.0. The van der Waals surface area contributed by atoms with Crippen LogP contribution in [0.3, 0.4) is 0 Å². The van der Waals surface area contributed by atoms with Gasteiger partial charge in [-0.15, -0.1) is 18.3 Å². The van der Waals surface area contributed by atoms with Crippen molar-refractivity contribution in [2.75, 3.05) is 17.2 Å². The highest BCUT2D eigenvalue weighted by Gasteiger charge is 2.31. The molecule has 2 heterocycles. The van der Waals surface area contributed by atoms with E-state index >= 15 is 0 Å². The van der Waals surface area contributed by atoms with Crippen molar-refractivity contribution in [3.63, 3.8) is 0 Å². The maximum absolute atomic E-state index is 14.1. The second-order valence-electron chi connectivity index (χ2n) is 12.1. The van der Waals surface area contributed by atoms with Crippen molar-refractivity contribution in [2.45, 2.75) is 71.2 Å². The number of carbonyl (C=O) groups is 1. The number of amidine groups is 1. The van der Waals surface area contributed by atoms with Crippen LogP contribution >= 0.6 is 11.8 Å². The first-order valence-electron chi connectivity index (χ1n) is 15.8. The van der Waals surface area contributed by atoms with Gasteiger partial charge in [-0.05, 0) is 91.6 Å². The second kappa shape index (κ2) is 15.2. The van der Waals surface area contributed by atoms with Crippen LogP contribution < -0.4 is 15.0 Å². The number of alkyl halides is 3. The molecule has 13 heteroatoms. The fourth-order valence-corrected chi connectivity index (χ4v) is 6.73. The Morgan fingerprint density at radius 3 is 2.50 bits per heavy atom. The summed E-state index contributed by atoms with van der Waals surface area (Å²) < 4.78 is 56.8. The summed E-state index contributed by atoms with van der Waals surface area (Å²) in [6.07, 6.45) is -0.704. The summed E-state index contributed by atoms with van der Waals surface area (Å²) >= 11 is 1.54. The molecule has 48 heavy (non-hydrogen) atoms. The molecule has 4 aromatic rings. The third-order valence-corrected chi connectivity index (χ3v) is 9.12. The van der Waals surface area contributed by atoms with Crippen molar-refractivity contribution in [1.82, 2.24) is 20.1 Å². The largest absolute Gasteiger partial charge is 0.573 e. The van der Waals surface area contributed by atoms with Crippen molar-refractivity contribution >= 4 is 28.6 Å². The average Bonchev–Trinajstić information content (AvgIpc) is 3.54. The van der Waals surface area contributed by atoms with Gasteiger partial charge in [0.15, 0.2) is 11.0 Å². The van der Waals surface area contributed by atoms with Crippen molar-refractivity contribution in [2.24, 2.45) is 4.99 Å². The predicted octanol–water partition coefficient (Wildman–Crippen LogP) is 9.08. The molecular formula is C35H38F4N6O2S. The SMILES string of the molecule is CC(C)c1cc(F)ccc1N1/C(=N/C(=O)NCCCC(C)c2ccc(-c3ncn(-c4ccc(OC(F)(F)F)cc4)n3)cc2)SCCC1C. The van der Waals surface area contributed by atoms with Gasteiger partial charge in [0.25, 0.3) is 0 Å². The number of halogens is 4. The van der Waals surface area contributed by atoms with Gasteiger partial charge in [-0.1, -0.05) is 56.8 Å². The number of aliphatic imine (C=N–C) groups is 1. The Morgan fingerprint density at radius 2 is 1.81 bits per heavy atom. The molecule has 0 saturated carbocycles. The summed E-state index contributed by atoms with van der Waals surface area (Å²) in [5.41, 5.74) is 4.25. The summed E-state index contributed by atoms with van der Waals surface area (Å²) in [6, 6.07) is 17.8. The smallest absolute Gasteiger partial charge is 0.406 e. The number of benzene rings is 3. The van der Waals surface area contributed by atoms with Crippen LogP contribution in [0.4, 0.5) is 28.0 Å². The Labute approximate surface area is 281 Å². The average molecular weight is 683 g/mol. The van der Waals surface area contributed by atoms with E-state index in [0.717, 1.165) is 47.4 Å². The fourth-order valence-electron chi connectivity index (χ4n) is 5.52. The van der Waals surface area contributed by atoms with E-state index in [4.69, 9.17) is 0 Å². The number of amides is 2. The minimum absolute atomic E-state index is 0.114. The molecule has 1 saturated heterocycles. The number of rotatable bonds is 10. The molecule has 5 rings (SSSR count). The maximum atomic E-state index is 14.1. The van der Waals surface area contributed by atoms with Crippen molar-refractivity contribution < 1.29 is 27.1 Å². The molecule has 3 aromatic carbocycles. The molecule has 1 aromatic heterocycles. The van der Waals surface area contributed by atoms with E-state index < -0.39 is 6.36 Å². The zero-order chi connectivity index (χ0) is 34.4. The summed E-state index contributed by atoms with van der Waals surface area (Å²) in [4.78, 5) is 23.7. The van der Waals surface area contributed by atoms with E-state index in [2.05, 4.69) is 43.9 Å². The molecule has 254 valence electrons. The molecule has 2 amide bonds. The first-order chi connectivity index (χ1) is 22.9. The Kier molecular flexibility index (Phi) is 11.1. The third-order valence-electron chi connectivity index (χ3n) is 8.14. The second-order valence-corrected chi connectivity index (χ2v) is 13.1. The van der Waals surface area contributed by atoms with Crippen LogP contribution in [0, 0.1) is 5.82 Å². The summed E-state index contributed by atoms with van der Waals surface area (Å²) in [5.74, 6) is 1.10. The lowest BCUT2D eigenvalue weighted by Crippen LogP contribution is -2.42. The van der Waals surface area contributed by atoms with Gasteiger partial charge in [0, 0.05) is 29.6 Å². The van der Waals surface area contributed by atoms with Gasteiger partial charge in [-0.25, -0.2) is 18.9 Å². The third kappa shape index (κ3) is 8.94. The lowest BCUT2D eigenvalue weighted by atomic mass is 9.95. The Morgan fingerprint density at radius 1 is 1.08 bits per heavy atom. The highest BCUT2D eigenvalue weighted by Crippen LogP contribution is 2.35. The molecule has 0 aliphatic carbocycles. The minimum Gasteiger partial charge on any atom is -0.406 e. The van der Waals surface area contributed by atoms with E-state index in [1.54, 1.807) is 12.1 Å². The van der Waals surface area contributed by atoms with E-state index in [1.165, 1.54) is 53.1 Å². The highest BCUT2D eigenvalue weighted by molar-refractivity contribution is 8.14. The number of ether oxygens (including phenoxy) is 1. The first-order valence-corrected chi connectivity index (χ1v) is 16.8. The Hall–Kier alpha value is -4.39. The number of nitrogens with one attached hydrogen (secondary N) is 1. The number of anilines is 1. The first kappa shape index (κ1) is 34.9. The van der Waals surface area contributed by atoms with Crippen LogP contribution in [-0.4, -0.2) is 50.7 Å². The number of hydrogen-bond acceptors (Lipinski definition) is 5. The monoisotopic (exact) mass is 682 g/mol. The molecule has 2 atom stereocenters. The molecule has 8 nitrogen and oxygen atoms in total. The number of urea groups is 1. The number of aromatic nitrogens is 3. The minimum atomic E-state index is -4.75. The van der Waals surface area contributed by atoms with Crippen LogP contribution in [0.5, 0.6) is 5.75 Å². The summed E-state index contributed by atoms with van der Waals surface area (Å²) in [6.45, 7) is 8.76. The molecule has 0 radical (unpaired) electrons. The number of nitrogens with zero attached hydrogens (tertiary/aromatic N) is 5. The van der Waals surface area contributed by atoms with E-state index in [9.17, 15) is 22.4 Å². The number of carbonyl (C=O) groups excluding carboxylic acids is 1. The molecule has 1 aliphatic heterocycles. The van der Waals surface area contributed by atoms with Crippen LogP contribution in [0.2, 0.25) is 0 Å². The fraction of sp³-hybridized carbons (Fsp3) is 0.371. The summed E-state index contributed by atoms with van der Waals surface area (Å²) in [7, 11) is 0. The standard InChI is InChI=1S/C35H38F4N6O2S/c1-22(2)30-20-27(36)11-16-31(30)45-24(4)17-19-48-34(45)42-33(46)40-18-5-6-23(3)25-7-9-26(10-8-25)32-41-21-44(43-32)28-12-14-29(15-13-28)47-35(37,38)39/h7-16,20-24H,5-6,17-19H2,1-4H3,(H,40,46)/b42-34-. The molecule has 1 fully saturated rings. The van der Waals surface area contributed by atoms with Gasteiger partial charge in [0.1, 0.15) is 17.9 Å². The van der Waals surface area contributed by atoms with Gasteiger partial charge >= 0.3 is 12.4 Å². The lowest BCUT2D eigenvalue weighted by molar-refractivity contribution is -0.274. The molecule has 0 bridgehead atoms. The van der Waals surface area contributed by atoms with Crippen molar-refractivity contribution in [3.05, 3.63) is 90.0 Å². The Balaban J connectivity index is 1.13. The van der Waals surface area contributed by atoms with Gasteiger partial charge in [0.2, 0.25) is 0 Å². The topological polar surface area (TPSA) is 84.6 Å². The number of thioether (sulfide) groups is 1. The van der Waals surface area contributed by atoms with Crippen LogP contribution in [0.1, 0.15) is 69.9 Å². The molecule has 1 N–H and O–H groups in total. The van der Waals surface area contributed by atoms with Crippen LogP contribution in [0.25, 0.3) is 17.1 Å². The van der Waals surface area contributed by atoms with E-state index in [0.29, 0.717) is 23.2 Å².